The second-order valence-corrected chi connectivity index (χ2v) is 13.8. The Labute approximate surface area is 144 Å². The minimum absolute atomic E-state index is 0.237. The molecule has 0 aliphatic rings. The zero-order valence-corrected chi connectivity index (χ0v) is 16.9. The predicted octanol–water partition coefficient (Wildman–Crippen LogP) is 6.14. The van der Waals surface area contributed by atoms with E-state index in [1.807, 2.05) is 0 Å². The monoisotopic (exact) mass is 332 g/mol. The molecule has 0 aromatic heterocycles. The second-order valence-electron chi connectivity index (χ2n) is 7.71. The highest BCUT2D eigenvalue weighted by Crippen LogP contribution is 2.44. The molecule has 0 aliphatic heterocycles. The fourth-order valence-electron chi connectivity index (χ4n) is 4.49. The van der Waals surface area contributed by atoms with Crippen molar-refractivity contribution in [3.63, 3.8) is 0 Å². The summed E-state index contributed by atoms with van der Waals surface area (Å²) in [7, 11) is -1.79. The molecular formula is C21H36OSi. The summed E-state index contributed by atoms with van der Waals surface area (Å²) in [5.74, 6) is 0. The molecule has 1 rings (SSSR count). The fourth-order valence-corrected chi connectivity index (χ4v) is 11.0. The van der Waals surface area contributed by atoms with Gasteiger partial charge < -0.3 is 5.11 Å². The number of benzene rings is 1. The average Bonchev–Trinajstić information content (AvgIpc) is 2.47. The highest BCUT2D eigenvalue weighted by atomic mass is 28.3. The first kappa shape index (κ1) is 20.2. The number of rotatable bonds is 9. The Balaban J connectivity index is 2.62. The van der Waals surface area contributed by atoms with E-state index in [1.54, 1.807) is 0 Å². The molecule has 0 unspecified atom stereocenters. The molecule has 23 heavy (non-hydrogen) atoms. The summed E-state index contributed by atoms with van der Waals surface area (Å²) in [6, 6.07) is 10.6. The Morgan fingerprint density at radius 3 is 1.91 bits per heavy atom. The van der Waals surface area contributed by atoms with Gasteiger partial charge >= 0.3 is 0 Å². The summed E-state index contributed by atoms with van der Waals surface area (Å²) in [4.78, 5) is 0. The normalized spacial score (nSPS) is 14.3. The number of hydrogen-bond acceptors (Lipinski definition) is 1. The van der Waals surface area contributed by atoms with Gasteiger partial charge in [0.05, 0.1) is 13.8 Å². The highest BCUT2D eigenvalue weighted by molar-refractivity contribution is 6.85. The lowest BCUT2D eigenvalue weighted by Gasteiger charge is -2.45. The molecule has 0 aliphatic carbocycles. The Kier molecular flexibility index (Phi) is 8.28. The van der Waals surface area contributed by atoms with E-state index in [-0.39, 0.29) is 5.73 Å². The molecule has 0 heterocycles. The first-order valence-corrected chi connectivity index (χ1v) is 11.5. The minimum atomic E-state index is -1.79. The van der Waals surface area contributed by atoms with Crippen molar-refractivity contribution in [3.05, 3.63) is 48.0 Å². The topological polar surface area (TPSA) is 20.2 Å². The van der Waals surface area contributed by atoms with Crippen LogP contribution in [0.4, 0.5) is 0 Å². The standard InChI is InChI=1S/C21H36OSi/c1-17(2)23(18(3)4,19(5)6)21(22)16-12-8-11-15-20-13-9-7-10-14-20/h7,9-10,12-14,16-19,21-22H,8,11,15H2,1-6H3/b16-12+/t21-/m1/s1. The van der Waals surface area contributed by atoms with Gasteiger partial charge in [-0.15, -0.1) is 0 Å². The smallest absolute Gasteiger partial charge is 0.0997 e. The van der Waals surface area contributed by atoms with Gasteiger partial charge in [-0.3, -0.25) is 0 Å². The molecule has 1 atom stereocenters. The van der Waals surface area contributed by atoms with E-state index < -0.39 is 8.07 Å². The third kappa shape index (κ3) is 5.05. The van der Waals surface area contributed by atoms with Gasteiger partial charge in [0.1, 0.15) is 0 Å². The molecule has 2 heteroatoms. The van der Waals surface area contributed by atoms with Crippen LogP contribution < -0.4 is 0 Å². The summed E-state index contributed by atoms with van der Waals surface area (Å²) in [6.45, 7) is 13.8. The molecule has 1 aromatic carbocycles. The minimum Gasteiger partial charge on any atom is -0.393 e. The molecule has 0 saturated heterocycles. The Hall–Kier alpha value is -0.863. The molecule has 0 bridgehead atoms. The van der Waals surface area contributed by atoms with Crippen molar-refractivity contribution in [1.29, 1.82) is 0 Å². The van der Waals surface area contributed by atoms with Crippen LogP contribution in [0.15, 0.2) is 42.5 Å². The van der Waals surface area contributed by atoms with Crippen LogP contribution in [0.1, 0.15) is 59.9 Å². The summed E-state index contributed by atoms with van der Waals surface area (Å²) < 4.78 is 0. The number of aryl methyl sites for hydroxylation is 1. The van der Waals surface area contributed by atoms with Crippen LogP contribution in [-0.2, 0) is 6.42 Å². The molecule has 0 saturated carbocycles. The number of aliphatic hydroxyl groups excluding tert-OH is 1. The third-order valence-corrected chi connectivity index (χ3v) is 12.7. The van der Waals surface area contributed by atoms with E-state index in [0.29, 0.717) is 16.6 Å². The van der Waals surface area contributed by atoms with Gasteiger partial charge in [0, 0.05) is 0 Å². The zero-order chi connectivity index (χ0) is 17.5. The van der Waals surface area contributed by atoms with E-state index in [1.165, 1.54) is 5.56 Å². The second kappa shape index (κ2) is 9.44. The molecule has 1 nitrogen and oxygen atoms in total. The maximum Gasteiger partial charge on any atom is 0.0997 e. The van der Waals surface area contributed by atoms with E-state index in [4.69, 9.17) is 0 Å². The van der Waals surface area contributed by atoms with Crippen molar-refractivity contribution in [1.82, 2.24) is 0 Å². The van der Waals surface area contributed by atoms with Gasteiger partial charge in [-0.05, 0) is 41.4 Å². The van der Waals surface area contributed by atoms with Crippen molar-refractivity contribution in [2.75, 3.05) is 0 Å². The predicted molar refractivity (Wildman–Crippen MR) is 106 cm³/mol. The lowest BCUT2D eigenvalue weighted by molar-refractivity contribution is 0.280. The van der Waals surface area contributed by atoms with Crippen LogP contribution in [0.5, 0.6) is 0 Å². The van der Waals surface area contributed by atoms with Crippen molar-refractivity contribution >= 4 is 8.07 Å². The Morgan fingerprint density at radius 2 is 1.43 bits per heavy atom. The van der Waals surface area contributed by atoms with Crippen LogP contribution in [0.3, 0.4) is 0 Å². The lowest BCUT2D eigenvalue weighted by Crippen LogP contribution is -2.54. The fraction of sp³-hybridized carbons (Fsp3) is 0.619. The summed E-state index contributed by atoms with van der Waals surface area (Å²) in [5, 5.41) is 11.0. The van der Waals surface area contributed by atoms with Gasteiger partial charge in [-0.2, -0.15) is 0 Å². The van der Waals surface area contributed by atoms with Crippen molar-refractivity contribution in [2.45, 2.75) is 83.2 Å². The molecule has 0 spiro atoms. The highest BCUT2D eigenvalue weighted by Gasteiger charge is 2.47. The van der Waals surface area contributed by atoms with Gasteiger partial charge in [0.15, 0.2) is 0 Å². The van der Waals surface area contributed by atoms with E-state index in [0.717, 1.165) is 19.3 Å². The molecule has 130 valence electrons. The van der Waals surface area contributed by atoms with Gasteiger partial charge in [0.25, 0.3) is 0 Å². The van der Waals surface area contributed by atoms with Crippen molar-refractivity contribution in [2.24, 2.45) is 0 Å². The van der Waals surface area contributed by atoms with E-state index in [9.17, 15) is 5.11 Å². The maximum absolute atomic E-state index is 11.0. The van der Waals surface area contributed by atoms with Gasteiger partial charge in [-0.25, -0.2) is 0 Å². The SMILES string of the molecule is CC(C)[Si](C(C)C)(C(C)C)[C@@H](O)/C=C/CCCc1ccccc1. The molecule has 1 aromatic rings. The first-order chi connectivity index (χ1) is 10.8. The number of unbranched alkanes of at least 4 members (excludes halogenated alkanes) is 1. The number of aliphatic hydroxyl groups is 1. The van der Waals surface area contributed by atoms with Gasteiger partial charge in [-0.1, -0.05) is 84.0 Å². The Bertz CT molecular complexity index is 440. The van der Waals surface area contributed by atoms with Crippen LogP contribution in [0, 0.1) is 0 Å². The van der Waals surface area contributed by atoms with Crippen LogP contribution in [0.2, 0.25) is 16.6 Å². The number of hydrogen-bond donors (Lipinski definition) is 1. The quantitative estimate of drug-likeness (QED) is 0.327. The third-order valence-electron chi connectivity index (χ3n) is 5.51. The maximum atomic E-state index is 11.0. The molecule has 1 N–H and O–H groups in total. The summed E-state index contributed by atoms with van der Waals surface area (Å²) in [6.07, 6.45) is 7.62. The summed E-state index contributed by atoms with van der Waals surface area (Å²) in [5.41, 5.74) is 2.93. The first-order valence-electron chi connectivity index (χ1n) is 9.22. The van der Waals surface area contributed by atoms with Crippen LogP contribution in [-0.4, -0.2) is 18.9 Å². The molecule has 0 amide bonds. The van der Waals surface area contributed by atoms with E-state index in [2.05, 4.69) is 84.0 Å². The lowest BCUT2D eigenvalue weighted by atomic mass is 10.1. The largest absolute Gasteiger partial charge is 0.393 e. The van der Waals surface area contributed by atoms with E-state index >= 15 is 0 Å². The zero-order valence-electron chi connectivity index (χ0n) is 15.9. The molecule has 0 fully saturated rings. The average molecular weight is 333 g/mol. The number of allylic oxidation sites excluding steroid dienone is 1. The van der Waals surface area contributed by atoms with Gasteiger partial charge in [0.2, 0.25) is 0 Å². The van der Waals surface area contributed by atoms with Crippen molar-refractivity contribution in [3.8, 4) is 0 Å². The van der Waals surface area contributed by atoms with Crippen LogP contribution >= 0.6 is 0 Å². The molecule has 0 radical (unpaired) electrons. The van der Waals surface area contributed by atoms with Crippen LogP contribution in [0.25, 0.3) is 0 Å². The van der Waals surface area contributed by atoms with Crippen molar-refractivity contribution < 1.29 is 5.11 Å². The molecular weight excluding hydrogens is 296 g/mol. The summed E-state index contributed by atoms with van der Waals surface area (Å²) >= 11 is 0. The Morgan fingerprint density at radius 1 is 0.913 bits per heavy atom.